The van der Waals surface area contributed by atoms with Gasteiger partial charge in [0.05, 0.1) is 0 Å². The first kappa shape index (κ1) is 16.7. The summed E-state index contributed by atoms with van der Waals surface area (Å²) >= 11 is 1.44. The third-order valence-electron chi connectivity index (χ3n) is 2.73. The third kappa shape index (κ3) is 5.34. The Morgan fingerprint density at radius 3 is 2.44 bits per heavy atom. The van der Waals surface area contributed by atoms with Gasteiger partial charge in [0, 0.05) is 0 Å². The Morgan fingerprint density at radius 2 is 1.94 bits per heavy atom. The van der Waals surface area contributed by atoms with E-state index in [-0.39, 0.29) is 0 Å². The Labute approximate surface area is 124 Å². The van der Waals surface area contributed by atoms with Crippen LogP contribution >= 0.6 is 15.9 Å². The molecule has 0 aliphatic carbocycles. The summed E-state index contributed by atoms with van der Waals surface area (Å²) in [5, 5.41) is 0. The van der Waals surface area contributed by atoms with Crippen LogP contribution in [0.15, 0.2) is 10.9 Å². The average Bonchev–Trinajstić information content (AvgIpc) is 2.52. The third-order valence-corrected chi connectivity index (χ3v) is 11.6. The van der Waals surface area contributed by atoms with Crippen molar-refractivity contribution < 1.29 is 4.74 Å². The van der Waals surface area contributed by atoms with E-state index in [1.54, 1.807) is 0 Å². The molecule has 0 fully saturated rings. The average molecular weight is 440 g/mol. The van der Waals surface area contributed by atoms with E-state index in [1.165, 1.54) is 9.75 Å². The van der Waals surface area contributed by atoms with E-state index in [4.69, 9.17) is 4.74 Å². The summed E-state index contributed by atoms with van der Waals surface area (Å²) in [5.74, 6) is 0. The van der Waals surface area contributed by atoms with Crippen molar-refractivity contribution in [3.8, 4) is 0 Å². The normalized spacial score (nSPS) is 13.1. The predicted molar refractivity (Wildman–Crippen MR) is 87.0 cm³/mol. The van der Waals surface area contributed by atoms with E-state index in [9.17, 15) is 0 Å². The maximum absolute atomic E-state index is 5.82. The van der Waals surface area contributed by atoms with Gasteiger partial charge in [0.1, 0.15) is 0 Å². The van der Waals surface area contributed by atoms with Gasteiger partial charge >= 0.3 is 125 Å². The van der Waals surface area contributed by atoms with Gasteiger partial charge in [-0.15, -0.1) is 0 Å². The summed E-state index contributed by atoms with van der Waals surface area (Å²) in [6.45, 7) is 8.64. The first-order valence-corrected chi connectivity index (χ1v) is 20.9. The van der Waals surface area contributed by atoms with E-state index >= 15 is 0 Å². The molecule has 3 nitrogen and oxygen atoms in total. The topological polar surface area (TPSA) is 27.1 Å². The molecule has 0 aromatic carbocycles. The molecule has 1 heterocycles. The Kier molecular flexibility index (Phi) is 5.95. The minimum atomic E-state index is -2.13. The summed E-state index contributed by atoms with van der Waals surface area (Å²) in [6, 6.07) is 1.22. The van der Waals surface area contributed by atoms with E-state index < -0.39 is 26.5 Å². The van der Waals surface area contributed by atoms with E-state index in [1.807, 2.05) is 6.33 Å². The zero-order chi connectivity index (χ0) is 14.0. The Bertz CT molecular complexity index is 396. The first-order valence-electron chi connectivity index (χ1n) is 6.40. The van der Waals surface area contributed by atoms with Gasteiger partial charge in [0.15, 0.2) is 0 Å². The number of hydrogen-bond acceptors (Lipinski definition) is 2. The molecule has 0 atom stereocenters. The molecule has 0 unspecified atom stereocenters. The molecule has 6 heteroatoms. The van der Waals surface area contributed by atoms with Crippen molar-refractivity contribution in [3.05, 3.63) is 10.9 Å². The van der Waals surface area contributed by atoms with Crippen LogP contribution in [0.3, 0.4) is 0 Å². The molecule has 0 saturated carbocycles. The molecule has 0 bridgehead atoms. The van der Waals surface area contributed by atoms with Crippen molar-refractivity contribution in [1.29, 1.82) is 0 Å². The summed E-state index contributed by atoms with van der Waals surface area (Å²) in [5.41, 5.74) is 0. The molecule has 1 aromatic heterocycles. The Balaban J connectivity index is 2.59. The predicted octanol–water partition coefficient (Wildman–Crippen LogP) is 3.50. The number of rotatable bonds is 6. The van der Waals surface area contributed by atoms with Crippen molar-refractivity contribution in [3.63, 3.8) is 0 Å². The van der Waals surface area contributed by atoms with Gasteiger partial charge in [-0.2, -0.15) is 0 Å². The van der Waals surface area contributed by atoms with Gasteiger partial charge in [0.2, 0.25) is 0 Å². The van der Waals surface area contributed by atoms with E-state index in [0.717, 1.165) is 11.2 Å². The standard InChI is InChI=1S/C9H16BrN2OSi.3CH3.Sn/c1-14(2,3)5-4-13-8-12-6-9(10)11-7-12;;;;/h7H,4-5,8H2,1-3H3;3*1H3;. The molecule has 0 aliphatic rings. The molecule has 0 aliphatic heterocycles. The number of nitrogens with zero attached hydrogens (tertiary/aromatic N) is 2. The molecule has 0 saturated heterocycles. The SMILES string of the molecule is C[Si](C)(C)CCOCn1cnc(Br)[c]1[Sn]([CH3])([CH3])[CH3]. The fourth-order valence-electron chi connectivity index (χ4n) is 1.74. The molecule has 0 spiro atoms. The molecule has 1 aromatic rings. The number of aromatic nitrogens is 2. The van der Waals surface area contributed by atoms with Crippen molar-refractivity contribution in [1.82, 2.24) is 9.55 Å². The zero-order valence-corrected chi connectivity index (χ0v) is 17.8. The van der Waals surface area contributed by atoms with Crippen LogP contribution in [0.25, 0.3) is 0 Å². The van der Waals surface area contributed by atoms with Crippen LogP contribution in [0.1, 0.15) is 0 Å². The number of halogens is 1. The molecule has 1 rings (SSSR count). The first-order chi connectivity index (χ1) is 8.11. The van der Waals surface area contributed by atoms with Gasteiger partial charge in [-0.3, -0.25) is 0 Å². The molecule has 104 valence electrons. The Morgan fingerprint density at radius 1 is 1.33 bits per heavy atom. The van der Waals surface area contributed by atoms with Crippen molar-refractivity contribution in [2.45, 2.75) is 47.2 Å². The second kappa shape index (κ2) is 6.41. The quantitative estimate of drug-likeness (QED) is 0.501. The summed E-state index contributed by atoms with van der Waals surface area (Å²) < 4.78 is 10.4. The van der Waals surface area contributed by atoms with Crippen LogP contribution in [0.5, 0.6) is 0 Å². The van der Waals surface area contributed by atoms with Crippen LogP contribution in [0, 0.1) is 0 Å². The monoisotopic (exact) mass is 440 g/mol. The molecule has 0 radical (unpaired) electrons. The molecule has 0 N–H and O–H groups in total. The van der Waals surface area contributed by atoms with Crippen molar-refractivity contribution >= 4 is 46.1 Å². The van der Waals surface area contributed by atoms with Gasteiger partial charge in [-0.05, 0) is 0 Å². The summed E-state index contributed by atoms with van der Waals surface area (Å²) in [7, 11) is -0.986. The number of ether oxygens (including phenoxy) is 1. The van der Waals surface area contributed by atoms with E-state index in [2.05, 4.69) is 59.9 Å². The molecule has 0 amide bonds. The van der Waals surface area contributed by atoms with Gasteiger partial charge in [0.25, 0.3) is 0 Å². The summed E-state index contributed by atoms with van der Waals surface area (Å²) in [6.07, 6.45) is 1.90. The number of hydrogen-bond donors (Lipinski definition) is 0. The second-order valence-corrected chi connectivity index (χ2v) is 27.5. The fourth-order valence-corrected chi connectivity index (χ4v) is 11.6. The van der Waals surface area contributed by atoms with Gasteiger partial charge < -0.3 is 0 Å². The van der Waals surface area contributed by atoms with Crippen LogP contribution in [-0.2, 0) is 11.5 Å². The van der Waals surface area contributed by atoms with Crippen molar-refractivity contribution in [2.24, 2.45) is 0 Å². The molecular formula is C12H25BrN2OSiSn. The van der Waals surface area contributed by atoms with Gasteiger partial charge in [-0.25, -0.2) is 0 Å². The van der Waals surface area contributed by atoms with Crippen LogP contribution in [-0.4, -0.2) is 42.6 Å². The summed E-state index contributed by atoms with van der Waals surface area (Å²) in [4.78, 5) is 11.6. The van der Waals surface area contributed by atoms with Crippen LogP contribution in [0.2, 0.25) is 40.5 Å². The van der Waals surface area contributed by atoms with Gasteiger partial charge in [-0.1, -0.05) is 0 Å². The van der Waals surface area contributed by atoms with Crippen molar-refractivity contribution in [2.75, 3.05) is 6.61 Å². The second-order valence-electron chi connectivity index (χ2n) is 6.95. The molecule has 18 heavy (non-hydrogen) atoms. The minimum absolute atomic E-state index is 0.645. The maximum atomic E-state index is 5.82. The Hall–Kier alpha value is 0.666. The fraction of sp³-hybridized carbons (Fsp3) is 0.750. The number of imidazole rings is 1. The zero-order valence-electron chi connectivity index (χ0n) is 12.4. The van der Waals surface area contributed by atoms with E-state index in [0.29, 0.717) is 6.73 Å². The molecular weight excluding hydrogens is 415 g/mol. The van der Waals surface area contributed by atoms with Crippen LogP contribution < -0.4 is 3.71 Å². The van der Waals surface area contributed by atoms with Crippen LogP contribution in [0.4, 0.5) is 0 Å².